The van der Waals surface area contributed by atoms with Crippen molar-refractivity contribution in [1.82, 2.24) is 9.21 Å². The van der Waals surface area contributed by atoms with Gasteiger partial charge in [0.1, 0.15) is 18.5 Å². The molecule has 2 atom stereocenters. The second kappa shape index (κ2) is 15.1. The van der Waals surface area contributed by atoms with E-state index in [-0.39, 0.29) is 54.3 Å². The third-order valence-electron chi connectivity index (χ3n) is 8.81. The minimum absolute atomic E-state index is 0.0384. The Hall–Kier alpha value is -4.31. The van der Waals surface area contributed by atoms with Crippen molar-refractivity contribution in [2.75, 3.05) is 36.8 Å². The summed E-state index contributed by atoms with van der Waals surface area (Å²) in [5.74, 6) is -1.66. The number of hydrogen-bond acceptors (Lipinski definition) is 11. The van der Waals surface area contributed by atoms with Gasteiger partial charge in [0.2, 0.25) is 10.0 Å². The van der Waals surface area contributed by atoms with Gasteiger partial charge in [-0.05, 0) is 79.4 Å². The van der Waals surface area contributed by atoms with Gasteiger partial charge >= 0.3 is 24.5 Å². The number of halogens is 1. The Morgan fingerprint density at radius 2 is 1.71 bits per heavy atom. The van der Waals surface area contributed by atoms with Crippen molar-refractivity contribution >= 4 is 52.0 Å². The molecule has 49 heavy (non-hydrogen) atoms. The molecule has 7 rings (SSSR count). The molecule has 3 aromatic carbocycles. The quantitative estimate of drug-likeness (QED) is 0.123. The van der Waals surface area contributed by atoms with Crippen LogP contribution in [-0.2, 0) is 47.0 Å². The van der Waals surface area contributed by atoms with Crippen LogP contribution in [0.5, 0.6) is 0 Å². The molecule has 4 aliphatic heterocycles. The van der Waals surface area contributed by atoms with Crippen LogP contribution in [0.1, 0.15) is 34.3 Å². The number of carbonyl (C=O) groups excluding carboxylic acids is 4. The molecule has 4 heterocycles. The van der Waals surface area contributed by atoms with Crippen molar-refractivity contribution in [1.29, 1.82) is 0 Å². The van der Waals surface area contributed by atoms with Crippen molar-refractivity contribution < 1.29 is 46.2 Å². The monoisotopic (exact) mass is 711 g/mol. The van der Waals surface area contributed by atoms with Crippen LogP contribution in [0.15, 0.2) is 77.7 Å². The molecule has 0 spiro atoms. The highest BCUT2D eigenvalue weighted by Crippen LogP contribution is 2.33. The first kappa shape index (κ1) is 34.5. The van der Waals surface area contributed by atoms with Crippen LogP contribution in [-0.4, -0.2) is 85.5 Å². The van der Waals surface area contributed by atoms with E-state index in [0.29, 0.717) is 23.4 Å². The van der Waals surface area contributed by atoms with Crippen molar-refractivity contribution in [3.05, 3.63) is 95.3 Å². The van der Waals surface area contributed by atoms with Crippen molar-refractivity contribution in [2.45, 2.75) is 42.4 Å². The van der Waals surface area contributed by atoms with E-state index < -0.39 is 39.2 Å². The first-order chi connectivity index (χ1) is 23.6. The second-order valence-corrected chi connectivity index (χ2v) is 15.0. The van der Waals surface area contributed by atoms with E-state index in [4.69, 9.17) is 9.47 Å². The first-order valence-corrected chi connectivity index (χ1v) is 18.2. The number of ether oxygens (including phenoxy) is 3. The molecule has 0 aliphatic carbocycles. The van der Waals surface area contributed by atoms with Crippen LogP contribution in [0.4, 0.5) is 14.9 Å². The number of anilines is 1. The summed E-state index contributed by atoms with van der Waals surface area (Å²) in [6.07, 6.45) is 0.928. The molecular weight excluding hydrogens is 678 g/mol. The smallest absolute Gasteiger partial charge is 0.415 e. The van der Waals surface area contributed by atoms with E-state index in [2.05, 4.69) is 9.64 Å². The Balaban J connectivity index is 1.13. The molecular formula is C34H34FN3O9S2. The van der Waals surface area contributed by atoms with Gasteiger partial charge in [0.25, 0.3) is 0 Å². The molecule has 1 amide bonds. The maximum absolute atomic E-state index is 15.0. The molecule has 0 radical (unpaired) electrons. The maximum atomic E-state index is 15.0. The summed E-state index contributed by atoms with van der Waals surface area (Å²) in [5.41, 5.74) is 1.13. The van der Waals surface area contributed by atoms with Gasteiger partial charge in [-0.2, -0.15) is 4.31 Å². The lowest BCUT2D eigenvalue weighted by molar-refractivity contribution is -0.152. The topological polar surface area (TPSA) is 140 Å². The molecule has 12 nitrogen and oxygen atoms in total. The predicted molar refractivity (Wildman–Crippen MR) is 176 cm³/mol. The maximum Gasteiger partial charge on any atom is 0.415 e. The van der Waals surface area contributed by atoms with Gasteiger partial charge in [-0.25, -0.2) is 27.2 Å². The van der Waals surface area contributed by atoms with Crippen molar-refractivity contribution in [3.63, 3.8) is 0 Å². The molecule has 0 unspecified atom stereocenters. The standard InChI is InChI=1S/C34H34FN3O9S2/c35-28-9-1-2-10-29(28)37(34(42)47-30-20-36-13-11-25(30)12-14-36)19-23-5-3-7-26(17-23)32(40)45-21-24-6-4-8-27(18-24)49(43,44)38-15-16-48-31(38)33(41)46-22-39/h1-10,17-18,22,25,30-31H,11-16,19-21H2/t30-,31-/m0/s1. The number of benzene rings is 3. The Morgan fingerprint density at radius 1 is 0.959 bits per heavy atom. The minimum atomic E-state index is -4.14. The lowest BCUT2D eigenvalue weighted by atomic mass is 9.86. The highest BCUT2D eigenvalue weighted by molar-refractivity contribution is 8.02. The molecule has 0 N–H and O–H groups in total. The van der Waals surface area contributed by atoms with E-state index in [9.17, 15) is 32.0 Å². The average molecular weight is 712 g/mol. The molecule has 4 fully saturated rings. The van der Waals surface area contributed by atoms with E-state index in [0.717, 1.165) is 42.0 Å². The van der Waals surface area contributed by atoms with Crippen LogP contribution in [0.2, 0.25) is 0 Å². The number of nitrogens with zero attached hydrogens (tertiary/aromatic N) is 3. The number of para-hydroxylation sites is 1. The van der Waals surface area contributed by atoms with E-state index in [1.165, 1.54) is 47.4 Å². The molecule has 0 saturated carbocycles. The fourth-order valence-electron chi connectivity index (χ4n) is 6.29. The highest BCUT2D eigenvalue weighted by atomic mass is 32.2. The molecule has 4 saturated heterocycles. The molecule has 15 heteroatoms. The number of rotatable bonds is 11. The number of carbonyl (C=O) groups is 4. The minimum Gasteiger partial charge on any atom is -0.457 e. The fourth-order valence-corrected chi connectivity index (χ4v) is 9.41. The third kappa shape index (κ3) is 7.80. The van der Waals surface area contributed by atoms with Crippen LogP contribution in [0.25, 0.3) is 0 Å². The number of esters is 2. The number of piperidine rings is 3. The Bertz CT molecular complexity index is 1830. The number of hydrogen-bond donors (Lipinski definition) is 0. The van der Waals surface area contributed by atoms with Gasteiger partial charge in [0.05, 0.1) is 22.7 Å². The molecule has 2 bridgehead atoms. The summed E-state index contributed by atoms with van der Waals surface area (Å²) < 4.78 is 58.5. The van der Waals surface area contributed by atoms with Crippen LogP contribution >= 0.6 is 11.8 Å². The highest BCUT2D eigenvalue weighted by Gasteiger charge is 2.41. The molecule has 0 aromatic heterocycles. The fraction of sp³-hybridized carbons (Fsp3) is 0.353. The van der Waals surface area contributed by atoms with Gasteiger partial charge in [0.15, 0.2) is 5.37 Å². The summed E-state index contributed by atoms with van der Waals surface area (Å²) in [5, 5.41) is -1.19. The summed E-state index contributed by atoms with van der Waals surface area (Å²) in [4.78, 5) is 52.8. The molecule has 3 aromatic rings. The summed E-state index contributed by atoms with van der Waals surface area (Å²) in [6, 6.07) is 18.1. The Kier molecular flexibility index (Phi) is 10.6. The lowest BCUT2D eigenvalue weighted by Gasteiger charge is -2.44. The number of amides is 1. The van der Waals surface area contributed by atoms with Gasteiger partial charge in [-0.1, -0.05) is 36.4 Å². The number of sulfonamides is 1. The average Bonchev–Trinajstić information content (AvgIpc) is 3.62. The zero-order valence-electron chi connectivity index (χ0n) is 26.3. The number of fused-ring (bicyclic) bond motifs is 3. The van der Waals surface area contributed by atoms with Gasteiger partial charge in [0, 0.05) is 18.8 Å². The lowest BCUT2D eigenvalue weighted by Crippen LogP contribution is -2.53. The van der Waals surface area contributed by atoms with Crippen LogP contribution in [0.3, 0.4) is 0 Å². The zero-order chi connectivity index (χ0) is 34.5. The Morgan fingerprint density at radius 3 is 2.45 bits per heavy atom. The molecule has 258 valence electrons. The number of thioether (sulfide) groups is 1. The van der Waals surface area contributed by atoms with Crippen LogP contribution < -0.4 is 4.90 Å². The second-order valence-electron chi connectivity index (χ2n) is 11.9. The van der Waals surface area contributed by atoms with E-state index in [1.807, 2.05) is 0 Å². The van der Waals surface area contributed by atoms with Gasteiger partial charge in [-0.3, -0.25) is 14.6 Å². The largest absolute Gasteiger partial charge is 0.457 e. The zero-order valence-corrected chi connectivity index (χ0v) is 27.9. The van der Waals surface area contributed by atoms with E-state index in [1.54, 1.807) is 30.3 Å². The SMILES string of the molecule is O=COC(=O)[C@@H]1SCCN1S(=O)(=O)c1cccc(COC(=O)c2cccc(CN(C(=O)O[C@H]3CN4CCC3CC4)c3ccccc3F)c2)c1. The third-order valence-corrected chi connectivity index (χ3v) is 12.0. The van der Waals surface area contributed by atoms with Crippen LogP contribution in [0, 0.1) is 11.7 Å². The first-order valence-electron chi connectivity index (χ1n) is 15.7. The molecule has 4 aliphatic rings. The van der Waals surface area contributed by atoms with E-state index >= 15 is 0 Å². The predicted octanol–water partition coefficient (Wildman–Crippen LogP) is 4.18. The van der Waals surface area contributed by atoms with Crippen molar-refractivity contribution in [2.24, 2.45) is 5.92 Å². The summed E-state index contributed by atoms with van der Waals surface area (Å²) >= 11 is 1.05. The van der Waals surface area contributed by atoms with Gasteiger partial charge in [-0.15, -0.1) is 11.8 Å². The van der Waals surface area contributed by atoms with Crippen molar-refractivity contribution in [3.8, 4) is 0 Å². The summed E-state index contributed by atoms with van der Waals surface area (Å²) in [6.45, 7) is 2.27. The normalized spacial score (nSPS) is 21.9. The van der Waals surface area contributed by atoms with Gasteiger partial charge < -0.3 is 14.2 Å². The summed E-state index contributed by atoms with van der Waals surface area (Å²) in [7, 11) is -4.14. The Labute approximate surface area is 287 Å².